The molecule has 0 radical (unpaired) electrons. The van der Waals surface area contributed by atoms with Crippen molar-refractivity contribution < 1.29 is 9.59 Å². The van der Waals surface area contributed by atoms with Gasteiger partial charge in [-0.15, -0.1) is 0 Å². The highest BCUT2D eigenvalue weighted by Crippen LogP contribution is 1.95. The molecule has 2 N–H and O–H groups in total. The average Bonchev–Trinajstić information content (AvgIpc) is 2.18. The zero-order chi connectivity index (χ0) is 8.43. The number of rotatable bonds is 2. The predicted molar refractivity (Wildman–Crippen MR) is 38.5 cm³/mol. The van der Waals surface area contributed by atoms with Crippen molar-refractivity contribution in [3.8, 4) is 0 Å². The molecule has 1 saturated heterocycles. The molecule has 0 bridgehead atoms. The quantitative estimate of drug-likeness (QED) is 0.529. The van der Waals surface area contributed by atoms with Gasteiger partial charge in [0.2, 0.25) is 0 Å². The van der Waals surface area contributed by atoms with Crippen LogP contribution in [0.25, 0.3) is 0 Å². The first-order chi connectivity index (χ1) is 5.11. The van der Waals surface area contributed by atoms with Crippen molar-refractivity contribution in [3.05, 3.63) is 0 Å². The van der Waals surface area contributed by atoms with Gasteiger partial charge in [-0.1, -0.05) is 0 Å². The van der Waals surface area contributed by atoms with Crippen LogP contribution in [0.5, 0.6) is 0 Å². The number of hydrazine groups is 1. The molecule has 1 rings (SSSR count). The minimum absolute atomic E-state index is 0.0859. The first-order valence-corrected chi connectivity index (χ1v) is 3.48. The van der Waals surface area contributed by atoms with Gasteiger partial charge in [-0.25, -0.2) is 10.2 Å². The molecular formula is C6H11N3O2. The summed E-state index contributed by atoms with van der Waals surface area (Å²) in [4.78, 5) is 21.8. The van der Waals surface area contributed by atoms with Crippen LogP contribution in [0, 0.1) is 0 Å². The van der Waals surface area contributed by atoms with Gasteiger partial charge in [0, 0.05) is 6.04 Å². The lowest BCUT2D eigenvalue weighted by Crippen LogP contribution is -2.46. The molecule has 0 saturated carbocycles. The summed E-state index contributed by atoms with van der Waals surface area (Å²) in [5.41, 5.74) is 2.71. The molecule has 0 unspecified atom stereocenters. The van der Waals surface area contributed by atoms with E-state index in [0.29, 0.717) is 0 Å². The van der Waals surface area contributed by atoms with Gasteiger partial charge < -0.3 is 5.32 Å². The van der Waals surface area contributed by atoms with Gasteiger partial charge in [-0.3, -0.25) is 4.79 Å². The minimum Gasteiger partial charge on any atom is -0.327 e. The van der Waals surface area contributed by atoms with Gasteiger partial charge in [-0.2, -0.15) is 5.01 Å². The third kappa shape index (κ3) is 1.68. The second kappa shape index (κ2) is 2.87. The number of hydrogen-bond acceptors (Lipinski definition) is 3. The Kier molecular flexibility index (Phi) is 2.09. The number of imide groups is 1. The van der Waals surface area contributed by atoms with E-state index in [0.717, 1.165) is 5.01 Å². The molecule has 62 valence electrons. The van der Waals surface area contributed by atoms with Crippen molar-refractivity contribution in [3.63, 3.8) is 0 Å². The molecule has 5 nitrogen and oxygen atoms in total. The van der Waals surface area contributed by atoms with E-state index < -0.39 is 0 Å². The van der Waals surface area contributed by atoms with Crippen LogP contribution >= 0.6 is 0 Å². The maximum Gasteiger partial charge on any atom is 0.339 e. The minimum atomic E-state index is -0.372. The number of hydrogen-bond donors (Lipinski definition) is 2. The first-order valence-electron chi connectivity index (χ1n) is 3.48. The molecular weight excluding hydrogens is 146 g/mol. The van der Waals surface area contributed by atoms with Gasteiger partial charge in [-0.05, 0) is 13.8 Å². The molecule has 1 aliphatic heterocycles. The smallest absolute Gasteiger partial charge is 0.327 e. The Bertz CT molecular complexity index is 174. The van der Waals surface area contributed by atoms with E-state index in [2.05, 4.69) is 10.7 Å². The van der Waals surface area contributed by atoms with Gasteiger partial charge in [0.25, 0.3) is 5.91 Å². The van der Waals surface area contributed by atoms with E-state index in [9.17, 15) is 9.59 Å². The van der Waals surface area contributed by atoms with Crippen LogP contribution in [-0.4, -0.2) is 29.5 Å². The number of nitrogens with zero attached hydrogens (tertiary/aromatic N) is 1. The van der Waals surface area contributed by atoms with Gasteiger partial charge in [0.05, 0.1) is 0 Å². The fourth-order valence-corrected chi connectivity index (χ4v) is 0.811. The van der Waals surface area contributed by atoms with Crippen molar-refractivity contribution in [2.75, 3.05) is 6.54 Å². The maximum atomic E-state index is 10.9. The summed E-state index contributed by atoms with van der Waals surface area (Å²) < 4.78 is 0. The zero-order valence-corrected chi connectivity index (χ0v) is 6.55. The number of carbonyl (C=O) groups excluding carboxylic acids is 2. The Morgan fingerprint density at radius 1 is 1.55 bits per heavy atom. The Labute approximate surface area is 64.7 Å². The van der Waals surface area contributed by atoms with Gasteiger partial charge in [0.1, 0.15) is 6.54 Å². The maximum absolute atomic E-state index is 10.9. The van der Waals surface area contributed by atoms with Gasteiger partial charge >= 0.3 is 6.03 Å². The second-order valence-electron chi connectivity index (χ2n) is 2.67. The lowest BCUT2D eigenvalue weighted by molar-refractivity contribution is -0.127. The summed E-state index contributed by atoms with van der Waals surface area (Å²) in [7, 11) is 0. The molecule has 3 amide bonds. The Morgan fingerprint density at radius 2 is 2.18 bits per heavy atom. The largest absolute Gasteiger partial charge is 0.339 e. The van der Waals surface area contributed by atoms with Crippen LogP contribution in [0.1, 0.15) is 13.8 Å². The van der Waals surface area contributed by atoms with Crippen LogP contribution in [0.15, 0.2) is 0 Å². The fraction of sp³-hybridized carbons (Fsp3) is 0.667. The van der Waals surface area contributed by atoms with E-state index >= 15 is 0 Å². The normalized spacial score (nSPS) is 17.9. The van der Waals surface area contributed by atoms with Crippen molar-refractivity contribution in [2.24, 2.45) is 0 Å². The Morgan fingerprint density at radius 3 is 2.55 bits per heavy atom. The molecule has 1 fully saturated rings. The molecule has 1 heterocycles. The van der Waals surface area contributed by atoms with Crippen LogP contribution in [0.4, 0.5) is 4.79 Å². The van der Waals surface area contributed by atoms with Crippen molar-refractivity contribution in [1.29, 1.82) is 0 Å². The summed E-state index contributed by atoms with van der Waals surface area (Å²) >= 11 is 0. The van der Waals surface area contributed by atoms with Crippen molar-refractivity contribution in [1.82, 2.24) is 15.8 Å². The number of nitrogens with one attached hydrogen (secondary N) is 2. The number of carbonyl (C=O) groups is 2. The number of urea groups is 1. The highest BCUT2D eigenvalue weighted by Gasteiger charge is 2.28. The SMILES string of the molecule is CC(C)NN1C(=O)CNC1=O. The average molecular weight is 157 g/mol. The van der Waals surface area contributed by atoms with Crippen molar-refractivity contribution >= 4 is 11.9 Å². The first kappa shape index (κ1) is 8.00. The van der Waals surface area contributed by atoms with Crippen LogP contribution in [-0.2, 0) is 4.79 Å². The van der Waals surface area contributed by atoms with E-state index in [4.69, 9.17) is 0 Å². The molecule has 1 aliphatic rings. The van der Waals surface area contributed by atoms with Gasteiger partial charge in [0.15, 0.2) is 0 Å². The third-order valence-corrected chi connectivity index (χ3v) is 1.23. The lowest BCUT2D eigenvalue weighted by Gasteiger charge is -2.16. The standard InChI is InChI=1S/C6H11N3O2/c1-4(2)8-9-5(10)3-7-6(9)11/h4,8H,3H2,1-2H3,(H,7,11). The van der Waals surface area contributed by atoms with Crippen LogP contribution < -0.4 is 10.7 Å². The topological polar surface area (TPSA) is 61.4 Å². The predicted octanol–water partition coefficient (Wildman–Crippen LogP) is -0.549. The van der Waals surface area contributed by atoms with Crippen LogP contribution in [0.3, 0.4) is 0 Å². The third-order valence-electron chi connectivity index (χ3n) is 1.23. The van der Waals surface area contributed by atoms with E-state index in [1.54, 1.807) is 0 Å². The molecule has 0 aromatic heterocycles. The monoisotopic (exact) mass is 157 g/mol. The number of amides is 3. The molecule has 0 spiro atoms. The Balaban J connectivity index is 2.55. The molecule has 0 atom stereocenters. The molecule has 0 aromatic rings. The molecule has 11 heavy (non-hydrogen) atoms. The summed E-state index contributed by atoms with van der Waals surface area (Å²) in [6, 6.07) is -0.286. The van der Waals surface area contributed by atoms with E-state index in [1.807, 2.05) is 13.8 Å². The summed E-state index contributed by atoms with van der Waals surface area (Å²) in [5.74, 6) is -0.233. The second-order valence-corrected chi connectivity index (χ2v) is 2.67. The zero-order valence-electron chi connectivity index (χ0n) is 6.55. The summed E-state index contributed by atoms with van der Waals surface area (Å²) in [6.07, 6.45) is 0. The highest BCUT2D eigenvalue weighted by atomic mass is 16.2. The molecule has 0 aromatic carbocycles. The summed E-state index contributed by atoms with van der Waals surface area (Å²) in [5, 5.41) is 3.40. The van der Waals surface area contributed by atoms with Crippen molar-refractivity contribution in [2.45, 2.75) is 19.9 Å². The van der Waals surface area contributed by atoms with E-state index in [1.165, 1.54) is 0 Å². The van der Waals surface area contributed by atoms with Crippen LogP contribution in [0.2, 0.25) is 0 Å². The summed E-state index contributed by atoms with van der Waals surface area (Å²) in [6.45, 7) is 3.82. The Hall–Kier alpha value is -1.10. The molecule has 5 heteroatoms. The molecule has 0 aliphatic carbocycles. The highest BCUT2D eigenvalue weighted by molar-refractivity contribution is 6.01. The fourth-order valence-electron chi connectivity index (χ4n) is 0.811. The lowest BCUT2D eigenvalue weighted by atomic mass is 10.4. The van der Waals surface area contributed by atoms with E-state index in [-0.39, 0.29) is 24.5 Å².